The second kappa shape index (κ2) is 14.1. The first-order chi connectivity index (χ1) is 11.0. The molecule has 0 unspecified atom stereocenters. The molecule has 0 saturated heterocycles. The molecule has 0 fully saturated rings. The van der Waals surface area contributed by atoms with Crippen molar-refractivity contribution in [1.82, 2.24) is 10.6 Å². The van der Waals surface area contributed by atoms with Crippen LogP contribution in [0.5, 0.6) is 0 Å². The van der Waals surface area contributed by atoms with E-state index in [2.05, 4.69) is 10.6 Å². The third kappa shape index (κ3) is 13.8. The summed E-state index contributed by atoms with van der Waals surface area (Å²) in [5.41, 5.74) is 0. The minimum Gasteiger partial charge on any atom is -0.384 e. The molecule has 134 valence electrons. The van der Waals surface area contributed by atoms with Crippen LogP contribution in [-0.2, 0) is 28.6 Å². The average molecular weight is 332 g/mol. The van der Waals surface area contributed by atoms with Crippen LogP contribution in [0.15, 0.2) is 0 Å². The van der Waals surface area contributed by atoms with Crippen LogP contribution in [0.4, 0.5) is 0 Å². The fraction of sp³-hybridized carbons (Fsp3) is 0.800. The number of nitrogens with one attached hydrogen (secondary N) is 2. The van der Waals surface area contributed by atoms with Crippen LogP contribution in [0.2, 0.25) is 0 Å². The second-order valence-corrected chi connectivity index (χ2v) is 5.17. The Bertz CT molecular complexity index is 360. The number of carbonyl (C=O) groups is 3. The molecule has 0 aromatic rings. The largest absolute Gasteiger partial charge is 0.384 e. The zero-order chi connectivity index (χ0) is 17.5. The van der Waals surface area contributed by atoms with E-state index in [0.29, 0.717) is 26.1 Å². The van der Waals surface area contributed by atoms with E-state index < -0.39 is 0 Å². The van der Waals surface area contributed by atoms with Crippen LogP contribution < -0.4 is 10.6 Å². The minimum absolute atomic E-state index is 0.0345. The van der Waals surface area contributed by atoms with Crippen LogP contribution >= 0.6 is 0 Å². The van der Waals surface area contributed by atoms with Crippen molar-refractivity contribution in [3.63, 3.8) is 0 Å². The van der Waals surface area contributed by atoms with Crippen molar-refractivity contribution in [3.8, 4) is 0 Å². The molecule has 0 aliphatic heterocycles. The van der Waals surface area contributed by atoms with Crippen molar-refractivity contribution in [2.45, 2.75) is 20.3 Å². The molecule has 0 spiro atoms. The number of hydrogen-bond acceptors (Lipinski definition) is 6. The van der Waals surface area contributed by atoms with Crippen LogP contribution in [-0.4, -0.2) is 70.8 Å². The Hall–Kier alpha value is -1.51. The van der Waals surface area contributed by atoms with Gasteiger partial charge in [0.1, 0.15) is 13.2 Å². The number of ether oxygens (including phenoxy) is 3. The van der Waals surface area contributed by atoms with E-state index >= 15 is 0 Å². The van der Waals surface area contributed by atoms with E-state index in [1.165, 1.54) is 7.11 Å². The van der Waals surface area contributed by atoms with Gasteiger partial charge < -0.3 is 24.8 Å². The number of ketones is 1. The van der Waals surface area contributed by atoms with E-state index in [4.69, 9.17) is 14.2 Å². The topological polar surface area (TPSA) is 103 Å². The lowest BCUT2D eigenvalue weighted by Crippen LogP contribution is -2.33. The lowest BCUT2D eigenvalue weighted by Gasteiger charge is -2.08. The summed E-state index contributed by atoms with van der Waals surface area (Å²) >= 11 is 0. The van der Waals surface area contributed by atoms with Crippen molar-refractivity contribution < 1.29 is 28.6 Å². The summed E-state index contributed by atoms with van der Waals surface area (Å²) in [4.78, 5) is 33.9. The quantitative estimate of drug-likeness (QED) is 0.416. The first kappa shape index (κ1) is 21.5. The monoisotopic (exact) mass is 332 g/mol. The molecule has 0 heterocycles. The molecular weight excluding hydrogens is 304 g/mol. The van der Waals surface area contributed by atoms with E-state index in [9.17, 15) is 14.4 Å². The molecule has 2 amide bonds. The van der Waals surface area contributed by atoms with Gasteiger partial charge in [0.25, 0.3) is 0 Å². The van der Waals surface area contributed by atoms with Gasteiger partial charge in [-0.05, 0) is 0 Å². The standard InChI is InChI=1S/C15H28N2O6/c1-12(2)13(18)10-22-8-6-17-15(20)11-23-9-5-16-14(19)4-7-21-3/h12H,4-11H2,1-3H3,(H,16,19)(H,17,20). The number of methoxy groups -OCH3 is 1. The second-order valence-electron chi connectivity index (χ2n) is 5.17. The van der Waals surface area contributed by atoms with E-state index in [1.54, 1.807) is 0 Å². The third-order valence-electron chi connectivity index (χ3n) is 2.79. The van der Waals surface area contributed by atoms with Gasteiger partial charge in [0, 0.05) is 32.5 Å². The van der Waals surface area contributed by atoms with Gasteiger partial charge in [-0.1, -0.05) is 13.8 Å². The van der Waals surface area contributed by atoms with Crippen molar-refractivity contribution in [1.29, 1.82) is 0 Å². The number of Topliss-reactive ketones (excluding diaryl/α,β-unsaturated/α-hetero) is 1. The van der Waals surface area contributed by atoms with E-state index in [-0.39, 0.29) is 49.9 Å². The number of hydrogen-bond donors (Lipinski definition) is 2. The van der Waals surface area contributed by atoms with Crippen molar-refractivity contribution in [2.75, 3.05) is 53.2 Å². The number of carbonyl (C=O) groups excluding carboxylic acids is 3. The van der Waals surface area contributed by atoms with Gasteiger partial charge >= 0.3 is 0 Å². The van der Waals surface area contributed by atoms with Gasteiger partial charge in [-0.25, -0.2) is 0 Å². The normalized spacial score (nSPS) is 10.6. The highest BCUT2D eigenvalue weighted by Crippen LogP contribution is 1.93. The lowest BCUT2D eigenvalue weighted by molar-refractivity contribution is -0.127. The fourth-order valence-corrected chi connectivity index (χ4v) is 1.36. The smallest absolute Gasteiger partial charge is 0.246 e. The molecule has 2 N–H and O–H groups in total. The van der Waals surface area contributed by atoms with Crippen LogP contribution in [0, 0.1) is 5.92 Å². The molecular formula is C15H28N2O6. The summed E-state index contributed by atoms with van der Waals surface area (Å²) in [7, 11) is 1.53. The first-order valence-corrected chi connectivity index (χ1v) is 7.68. The Labute approximate surface area is 137 Å². The summed E-state index contributed by atoms with van der Waals surface area (Å²) in [6.45, 7) is 5.17. The SMILES string of the molecule is COCCC(=O)NCCOCC(=O)NCCOCC(=O)C(C)C. The van der Waals surface area contributed by atoms with Gasteiger partial charge in [0.05, 0.1) is 19.8 Å². The molecule has 0 rings (SSSR count). The van der Waals surface area contributed by atoms with Gasteiger partial charge in [-0.2, -0.15) is 0 Å². The Kier molecular flexibility index (Phi) is 13.2. The number of amides is 2. The van der Waals surface area contributed by atoms with Gasteiger partial charge in [-0.15, -0.1) is 0 Å². The molecule has 0 aromatic carbocycles. The lowest BCUT2D eigenvalue weighted by atomic mass is 10.1. The van der Waals surface area contributed by atoms with Gasteiger partial charge in [-0.3, -0.25) is 14.4 Å². The summed E-state index contributed by atoms with van der Waals surface area (Å²) < 4.78 is 15.0. The Balaban J connectivity index is 3.41. The Morgan fingerprint density at radius 1 is 0.870 bits per heavy atom. The van der Waals surface area contributed by atoms with E-state index in [0.717, 1.165) is 0 Å². The Morgan fingerprint density at radius 2 is 1.43 bits per heavy atom. The average Bonchev–Trinajstić information content (AvgIpc) is 2.51. The maximum absolute atomic E-state index is 11.4. The molecule has 0 aromatic heterocycles. The van der Waals surface area contributed by atoms with E-state index in [1.807, 2.05) is 13.8 Å². The molecule has 0 atom stereocenters. The first-order valence-electron chi connectivity index (χ1n) is 7.68. The Morgan fingerprint density at radius 3 is 2.00 bits per heavy atom. The maximum Gasteiger partial charge on any atom is 0.246 e. The maximum atomic E-state index is 11.4. The molecule has 0 aliphatic rings. The predicted octanol–water partition coefficient (Wildman–Crippen LogP) is -0.486. The highest BCUT2D eigenvalue weighted by atomic mass is 16.5. The summed E-state index contributed by atoms with van der Waals surface area (Å²) in [6.07, 6.45) is 0.302. The fourth-order valence-electron chi connectivity index (χ4n) is 1.36. The van der Waals surface area contributed by atoms with Crippen LogP contribution in [0.25, 0.3) is 0 Å². The zero-order valence-electron chi connectivity index (χ0n) is 14.2. The molecule has 0 aliphatic carbocycles. The molecule has 8 heteroatoms. The molecule has 0 radical (unpaired) electrons. The van der Waals surface area contributed by atoms with Crippen LogP contribution in [0.3, 0.4) is 0 Å². The highest BCUT2D eigenvalue weighted by Gasteiger charge is 2.07. The zero-order valence-corrected chi connectivity index (χ0v) is 14.2. The van der Waals surface area contributed by atoms with Crippen LogP contribution in [0.1, 0.15) is 20.3 Å². The van der Waals surface area contributed by atoms with Gasteiger partial charge in [0.15, 0.2) is 5.78 Å². The predicted molar refractivity (Wildman–Crippen MR) is 84.0 cm³/mol. The minimum atomic E-state index is -0.269. The highest BCUT2D eigenvalue weighted by molar-refractivity contribution is 5.81. The van der Waals surface area contributed by atoms with Crippen molar-refractivity contribution in [3.05, 3.63) is 0 Å². The summed E-state index contributed by atoms with van der Waals surface area (Å²) in [6, 6.07) is 0. The third-order valence-corrected chi connectivity index (χ3v) is 2.79. The summed E-state index contributed by atoms with van der Waals surface area (Å²) in [5.74, 6) is -0.400. The molecule has 23 heavy (non-hydrogen) atoms. The van der Waals surface area contributed by atoms with Crippen molar-refractivity contribution >= 4 is 17.6 Å². The molecule has 8 nitrogen and oxygen atoms in total. The van der Waals surface area contributed by atoms with Gasteiger partial charge in [0.2, 0.25) is 11.8 Å². The van der Waals surface area contributed by atoms with Crippen molar-refractivity contribution in [2.24, 2.45) is 5.92 Å². The molecule has 0 saturated carbocycles. The summed E-state index contributed by atoms with van der Waals surface area (Å²) in [5, 5.41) is 5.25. The number of rotatable bonds is 14. The molecule has 0 bridgehead atoms.